The van der Waals surface area contributed by atoms with Crippen LogP contribution in [0.2, 0.25) is 0 Å². The van der Waals surface area contributed by atoms with Gasteiger partial charge in [-0.05, 0) is 24.7 Å². The number of nitrogens with one attached hydrogen (secondary N) is 1. The number of hydrogen-bond acceptors (Lipinski definition) is 3. The maximum absolute atomic E-state index is 12.3. The van der Waals surface area contributed by atoms with Gasteiger partial charge in [0.15, 0.2) is 0 Å². The highest BCUT2D eigenvalue weighted by Gasteiger charge is 2.59. The summed E-state index contributed by atoms with van der Waals surface area (Å²) in [5.74, 6) is -0.545. The minimum absolute atomic E-state index is 0.117. The highest BCUT2D eigenvalue weighted by atomic mass is 16.2. The third kappa shape index (κ3) is 1.96. The van der Waals surface area contributed by atoms with E-state index in [2.05, 4.69) is 17.5 Å². The van der Waals surface area contributed by atoms with Crippen LogP contribution in [0.5, 0.6) is 0 Å². The summed E-state index contributed by atoms with van der Waals surface area (Å²) in [5.41, 5.74) is 0. The fraction of sp³-hybridized carbons (Fsp3) is 0.667. The highest BCUT2D eigenvalue weighted by molar-refractivity contribution is 6.08. The molecule has 2 bridgehead atoms. The van der Waals surface area contributed by atoms with Crippen LogP contribution in [0, 0.1) is 23.7 Å². The van der Waals surface area contributed by atoms with Crippen molar-refractivity contribution < 1.29 is 14.4 Å². The molecule has 0 aromatic rings. The van der Waals surface area contributed by atoms with Gasteiger partial charge in [-0.25, -0.2) is 0 Å². The Labute approximate surface area is 118 Å². The molecule has 1 aliphatic heterocycles. The van der Waals surface area contributed by atoms with Gasteiger partial charge in [-0.15, -0.1) is 0 Å². The van der Waals surface area contributed by atoms with E-state index in [9.17, 15) is 14.4 Å². The zero-order chi connectivity index (χ0) is 14.3. The summed E-state index contributed by atoms with van der Waals surface area (Å²) in [4.78, 5) is 37.6. The normalized spacial score (nSPS) is 34.0. The molecule has 4 atom stereocenters. The van der Waals surface area contributed by atoms with Crippen molar-refractivity contribution in [3.05, 3.63) is 12.2 Å². The van der Waals surface area contributed by atoms with Crippen LogP contribution in [0.15, 0.2) is 12.2 Å². The maximum atomic E-state index is 12.3. The van der Waals surface area contributed by atoms with Crippen molar-refractivity contribution in [3.8, 4) is 0 Å². The van der Waals surface area contributed by atoms with E-state index in [4.69, 9.17) is 0 Å². The molecule has 0 unspecified atom stereocenters. The molecule has 3 amide bonds. The van der Waals surface area contributed by atoms with Crippen LogP contribution in [-0.4, -0.2) is 35.7 Å². The van der Waals surface area contributed by atoms with Crippen molar-refractivity contribution in [2.24, 2.45) is 23.7 Å². The minimum atomic E-state index is -0.236. The van der Waals surface area contributed by atoms with Crippen molar-refractivity contribution in [2.45, 2.75) is 26.2 Å². The molecule has 2 fully saturated rings. The van der Waals surface area contributed by atoms with E-state index >= 15 is 0 Å². The first-order valence-electron chi connectivity index (χ1n) is 7.43. The maximum Gasteiger partial charge on any atom is 0.240 e. The number of fused-ring (bicyclic) bond motifs is 5. The first-order chi connectivity index (χ1) is 9.63. The van der Waals surface area contributed by atoms with Crippen molar-refractivity contribution in [2.75, 3.05) is 13.1 Å². The van der Waals surface area contributed by atoms with Gasteiger partial charge >= 0.3 is 0 Å². The molecule has 2 aliphatic carbocycles. The number of rotatable bonds is 5. The summed E-state index contributed by atoms with van der Waals surface area (Å²) in [6.45, 7) is 2.53. The highest BCUT2D eigenvalue weighted by Crippen LogP contribution is 2.52. The Bertz CT molecular complexity index is 456. The lowest BCUT2D eigenvalue weighted by Gasteiger charge is -2.16. The van der Waals surface area contributed by atoms with Crippen LogP contribution in [0.3, 0.4) is 0 Å². The predicted octanol–water partition coefficient (Wildman–Crippen LogP) is 0.710. The smallest absolute Gasteiger partial charge is 0.240 e. The summed E-state index contributed by atoms with van der Waals surface area (Å²) in [6.07, 6.45) is 6.95. The van der Waals surface area contributed by atoms with Gasteiger partial charge in [0.1, 0.15) is 6.54 Å². The second-order valence-corrected chi connectivity index (χ2v) is 5.97. The van der Waals surface area contributed by atoms with E-state index in [0.717, 1.165) is 19.3 Å². The average molecular weight is 276 g/mol. The van der Waals surface area contributed by atoms with E-state index in [1.807, 2.05) is 6.92 Å². The largest absolute Gasteiger partial charge is 0.355 e. The number of allylic oxidation sites excluding steroid dienone is 2. The number of carbonyl (C=O) groups excluding carboxylic acids is 3. The predicted molar refractivity (Wildman–Crippen MR) is 72.4 cm³/mol. The van der Waals surface area contributed by atoms with E-state index < -0.39 is 0 Å². The topological polar surface area (TPSA) is 66.5 Å². The Kier molecular flexibility index (Phi) is 3.36. The van der Waals surface area contributed by atoms with Crippen molar-refractivity contribution in [3.63, 3.8) is 0 Å². The summed E-state index contributed by atoms with van der Waals surface area (Å²) in [7, 11) is 0. The van der Waals surface area contributed by atoms with Gasteiger partial charge in [0.05, 0.1) is 11.8 Å². The fourth-order valence-electron chi connectivity index (χ4n) is 3.72. The molecule has 3 rings (SSSR count). The monoisotopic (exact) mass is 276 g/mol. The number of carbonyl (C=O) groups is 3. The zero-order valence-electron chi connectivity index (χ0n) is 11.7. The number of nitrogens with zero attached hydrogens (tertiary/aromatic N) is 1. The minimum Gasteiger partial charge on any atom is -0.355 e. The molecule has 0 aromatic carbocycles. The summed E-state index contributed by atoms with van der Waals surface area (Å²) >= 11 is 0. The van der Waals surface area contributed by atoms with Crippen LogP contribution in [0.1, 0.15) is 26.2 Å². The molecule has 1 N–H and O–H groups in total. The van der Waals surface area contributed by atoms with Gasteiger partial charge in [-0.2, -0.15) is 0 Å². The summed E-state index contributed by atoms with van der Waals surface area (Å²) in [6, 6.07) is 0. The van der Waals surface area contributed by atoms with E-state index in [1.165, 1.54) is 4.90 Å². The summed E-state index contributed by atoms with van der Waals surface area (Å²) in [5, 5.41) is 2.75. The Balaban J connectivity index is 1.63. The quantitative estimate of drug-likeness (QED) is 0.457. The van der Waals surface area contributed by atoms with Crippen LogP contribution in [0.25, 0.3) is 0 Å². The Morgan fingerprint density at radius 3 is 2.40 bits per heavy atom. The first kappa shape index (κ1) is 13.3. The second kappa shape index (κ2) is 5.04. The van der Waals surface area contributed by atoms with Crippen LogP contribution in [-0.2, 0) is 14.4 Å². The second-order valence-electron chi connectivity index (χ2n) is 5.97. The first-order valence-corrected chi connectivity index (χ1v) is 7.43. The third-order valence-corrected chi connectivity index (χ3v) is 4.72. The van der Waals surface area contributed by atoms with Crippen molar-refractivity contribution in [1.29, 1.82) is 0 Å². The van der Waals surface area contributed by atoms with Gasteiger partial charge in [-0.3, -0.25) is 19.3 Å². The number of imide groups is 1. The number of likely N-dealkylation sites (tertiary alicyclic amines) is 1. The van der Waals surface area contributed by atoms with Crippen LogP contribution >= 0.6 is 0 Å². The molecular weight excluding hydrogens is 256 g/mol. The lowest BCUT2D eigenvalue weighted by atomic mass is 9.85. The van der Waals surface area contributed by atoms with Gasteiger partial charge in [0.25, 0.3) is 0 Å². The lowest BCUT2D eigenvalue weighted by molar-refractivity contribution is -0.144. The molecule has 20 heavy (non-hydrogen) atoms. The average Bonchev–Trinajstić information content (AvgIpc) is 3.09. The molecule has 1 saturated heterocycles. The molecule has 5 heteroatoms. The standard InChI is InChI=1S/C15H20N2O3/c1-2-3-6-16-11(18)8-17-14(19)12-9-4-5-10(7-9)13(12)15(17)20/h4-5,9-10,12-13H,2-3,6-8H2,1H3,(H,16,18)/t9-,10-,12+,13+/m0/s1. The molecule has 3 aliphatic rings. The van der Waals surface area contributed by atoms with Gasteiger partial charge in [0, 0.05) is 6.54 Å². The molecule has 1 saturated carbocycles. The Hall–Kier alpha value is -1.65. The van der Waals surface area contributed by atoms with Crippen LogP contribution < -0.4 is 5.32 Å². The number of hydrogen-bond donors (Lipinski definition) is 1. The Morgan fingerprint density at radius 1 is 1.25 bits per heavy atom. The van der Waals surface area contributed by atoms with Gasteiger partial charge in [-0.1, -0.05) is 25.5 Å². The number of unbranched alkanes of at least 4 members (excludes halogenated alkanes) is 1. The summed E-state index contributed by atoms with van der Waals surface area (Å²) < 4.78 is 0. The lowest BCUT2D eigenvalue weighted by Crippen LogP contribution is -2.42. The molecule has 0 radical (unpaired) electrons. The van der Waals surface area contributed by atoms with Crippen LogP contribution in [0.4, 0.5) is 0 Å². The fourth-order valence-corrected chi connectivity index (χ4v) is 3.72. The molecule has 1 heterocycles. The van der Waals surface area contributed by atoms with E-state index in [1.54, 1.807) is 0 Å². The van der Waals surface area contributed by atoms with Crippen molar-refractivity contribution >= 4 is 17.7 Å². The Morgan fingerprint density at radius 2 is 1.85 bits per heavy atom. The molecular formula is C15H20N2O3. The van der Waals surface area contributed by atoms with Gasteiger partial charge < -0.3 is 5.32 Å². The van der Waals surface area contributed by atoms with E-state index in [-0.39, 0.29) is 47.9 Å². The van der Waals surface area contributed by atoms with E-state index in [0.29, 0.717) is 6.54 Å². The number of amides is 3. The third-order valence-electron chi connectivity index (χ3n) is 4.72. The van der Waals surface area contributed by atoms with Gasteiger partial charge in [0.2, 0.25) is 17.7 Å². The molecule has 0 aromatic heterocycles. The zero-order valence-corrected chi connectivity index (χ0v) is 11.7. The SMILES string of the molecule is CCCCNC(=O)CN1C(=O)[C@H]2[C@H](C1=O)[C@H]1C=C[C@H]2C1. The molecule has 5 nitrogen and oxygen atoms in total. The van der Waals surface area contributed by atoms with Crippen molar-refractivity contribution in [1.82, 2.24) is 10.2 Å². The molecule has 0 spiro atoms. The molecule has 108 valence electrons.